The molecule has 2 amide bonds. The quantitative estimate of drug-likeness (QED) is 0.882. The summed E-state index contributed by atoms with van der Waals surface area (Å²) in [6, 6.07) is 2.65. The molecule has 1 atom stereocenters. The summed E-state index contributed by atoms with van der Waals surface area (Å²) < 4.78 is 14.3. The lowest BCUT2D eigenvalue weighted by atomic mass is 9.90. The molecule has 2 aromatic rings. The van der Waals surface area contributed by atoms with Gasteiger partial charge in [-0.3, -0.25) is 10.1 Å². The van der Waals surface area contributed by atoms with Crippen LogP contribution in [0.5, 0.6) is 0 Å². The number of aromatic nitrogens is 1. The Balaban J connectivity index is 1.75. The number of carbonyl (C=O) groups excluding carboxylic acids is 1. The highest BCUT2D eigenvalue weighted by molar-refractivity contribution is 7.22. The lowest BCUT2D eigenvalue weighted by Crippen LogP contribution is -2.37. The molecular formula is C15H16FN3O3S. The van der Waals surface area contributed by atoms with Gasteiger partial charge in [0.15, 0.2) is 5.13 Å². The molecule has 8 heteroatoms. The number of amides is 2. The van der Waals surface area contributed by atoms with Gasteiger partial charge >= 0.3 is 12.0 Å². The SMILES string of the molecule is Cc1cc2sc(NC(=O)N3CCC(C)(C(=O)O)C3)nc2cc1F. The number of benzene rings is 1. The van der Waals surface area contributed by atoms with Gasteiger partial charge in [0.05, 0.1) is 15.6 Å². The van der Waals surface area contributed by atoms with Crippen molar-refractivity contribution in [2.45, 2.75) is 20.3 Å². The Kier molecular flexibility index (Phi) is 3.71. The van der Waals surface area contributed by atoms with E-state index >= 15 is 0 Å². The fourth-order valence-electron chi connectivity index (χ4n) is 2.58. The zero-order valence-electron chi connectivity index (χ0n) is 12.7. The first-order valence-electron chi connectivity index (χ1n) is 7.14. The number of thiazole rings is 1. The topological polar surface area (TPSA) is 82.5 Å². The molecule has 23 heavy (non-hydrogen) atoms. The fourth-order valence-corrected chi connectivity index (χ4v) is 3.52. The fraction of sp³-hybridized carbons (Fsp3) is 0.400. The van der Waals surface area contributed by atoms with Crippen molar-refractivity contribution in [1.82, 2.24) is 9.88 Å². The molecule has 0 saturated carbocycles. The predicted molar refractivity (Wildman–Crippen MR) is 85.3 cm³/mol. The van der Waals surface area contributed by atoms with E-state index in [1.54, 1.807) is 19.9 Å². The van der Waals surface area contributed by atoms with E-state index in [2.05, 4.69) is 10.3 Å². The second kappa shape index (κ2) is 5.45. The van der Waals surface area contributed by atoms with Crippen LogP contribution < -0.4 is 5.32 Å². The molecule has 1 saturated heterocycles. The molecule has 1 aromatic carbocycles. The standard InChI is InChI=1S/C15H16FN3O3S/c1-8-5-11-10(6-9(8)16)17-13(23-11)18-14(22)19-4-3-15(2,7-19)12(20)21/h5-6H,3-4,7H2,1-2H3,(H,20,21)(H,17,18,22). The van der Waals surface area contributed by atoms with E-state index in [4.69, 9.17) is 0 Å². The van der Waals surface area contributed by atoms with Crippen LogP contribution in [0.15, 0.2) is 12.1 Å². The summed E-state index contributed by atoms with van der Waals surface area (Å²) in [5, 5.41) is 12.2. The average Bonchev–Trinajstić information content (AvgIpc) is 3.04. The van der Waals surface area contributed by atoms with Crippen molar-refractivity contribution < 1.29 is 19.1 Å². The van der Waals surface area contributed by atoms with Crippen LogP contribution in [-0.4, -0.2) is 40.1 Å². The summed E-state index contributed by atoms with van der Waals surface area (Å²) in [4.78, 5) is 29.1. The molecule has 2 heterocycles. The summed E-state index contributed by atoms with van der Waals surface area (Å²) in [6.07, 6.45) is 0.417. The summed E-state index contributed by atoms with van der Waals surface area (Å²) in [6.45, 7) is 3.84. The first kappa shape index (κ1) is 15.7. The average molecular weight is 337 g/mol. The normalized spacial score (nSPS) is 20.9. The number of anilines is 1. The van der Waals surface area contributed by atoms with Gasteiger partial charge in [-0.15, -0.1) is 0 Å². The monoisotopic (exact) mass is 337 g/mol. The molecular weight excluding hydrogens is 321 g/mol. The van der Waals surface area contributed by atoms with Crippen molar-refractivity contribution in [2.24, 2.45) is 5.41 Å². The predicted octanol–water partition coefficient (Wildman–Crippen LogP) is 3.07. The van der Waals surface area contributed by atoms with Gasteiger partial charge in [0.1, 0.15) is 5.82 Å². The zero-order chi connectivity index (χ0) is 16.8. The molecule has 1 fully saturated rings. The van der Waals surface area contributed by atoms with Crippen LogP contribution in [0.1, 0.15) is 18.9 Å². The number of rotatable bonds is 2. The maximum Gasteiger partial charge on any atom is 0.323 e. The van der Waals surface area contributed by atoms with Crippen LogP contribution >= 0.6 is 11.3 Å². The lowest BCUT2D eigenvalue weighted by molar-refractivity contribution is -0.146. The van der Waals surface area contributed by atoms with Crippen molar-refractivity contribution in [3.8, 4) is 0 Å². The number of hydrogen-bond acceptors (Lipinski definition) is 4. The minimum atomic E-state index is -0.912. The highest BCUT2D eigenvalue weighted by Gasteiger charge is 2.42. The molecule has 3 rings (SSSR count). The lowest BCUT2D eigenvalue weighted by Gasteiger charge is -2.19. The Hall–Kier alpha value is -2.22. The maximum atomic E-state index is 13.5. The summed E-state index contributed by atoms with van der Waals surface area (Å²) in [5.41, 5.74) is 0.103. The molecule has 0 spiro atoms. The van der Waals surface area contributed by atoms with E-state index in [-0.39, 0.29) is 18.4 Å². The van der Waals surface area contributed by atoms with Gasteiger partial charge in [0.25, 0.3) is 0 Å². The van der Waals surface area contributed by atoms with Crippen molar-refractivity contribution in [1.29, 1.82) is 0 Å². The molecule has 0 radical (unpaired) electrons. The van der Waals surface area contributed by atoms with Crippen LogP contribution in [0.4, 0.5) is 14.3 Å². The Bertz CT molecular complexity index is 768. The first-order valence-corrected chi connectivity index (χ1v) is 7.96. The Labute approximate surface area is 135 Å². The van der Waals surface area contributed by atoms with Crippen LogP contribution in [0, 0.1) is 18.2 Å². The molecule has 0 bridgehead atoms. The van der Waals surface area contributed by atoms with Crippen molar-refractivity contribution in [3.63, 3.8) is 0 Å². The number of aliphatic carboxylic acids is 1. The van der Waals surface area contributed by atoms with E-state index in [0.717, 1.165) is 4.70 Å². The van der Waals surface area contributed by atoms with E-state index in [0.29, 0.717) is 29.2 Å². The number of hydrogen-bond donors (Lipinski definition) is 2. The molecule has 1 aromatic heterocycles. The molecule has 6 nitrogen and oxygen atoms in total. The van der Waals surface area contributed by atoms with Gasteiger partial charge in [-0.1, -0.05) is 11.3 Å². The molecule has 122 valence electrons. The first-order chi connectivity index (χ1) is 10.8. The maximum absolute atomic E-state index is 13.5. The minimum absolute atomic E-state index is 0.160. The summed E-state index contributed by atoms with van der Waals surface area (Å²) >= 11 is 1.26. The van der Waals surface area contributed by atoms with E-state index in [1.807, 2.05) is 0 Å². The number of halogens is 1. The number of aryl methyl sites for hydroxylation is 1. The van der Waals surface area contributed by atoms with E-state index in [1.165, 1.54) is 22.3 Å². The van der Waals surface area contributed by atoms with Gasteiger partial charge < -0.3 is 10.0 Å². The number of fused-ring (bicyclic) bond motifs is 1. The van der Waals surface area contributed by atoms with Crippen LogP contribution in [0.2, 0.25) is 0 Å². The van der Waals surface area contributed by atoms with Crippen molar-refractivity contribution >= 4 is 38.7 Å². The highest BCUT2D eigenvalue weighted by Crippen LogP contribution is 2.32. The van der Waals surface area contributed by atoms with E-state index < -0.39 is 11.4 Å². The van der Waals surface area contributed by atoms with Crippen LogP contribution in [0.25, 0.3) is 10.2 Å². The largest absolute Gasteiger partial charge is 0.481 e. The molecule has 1 aliphatic rings. The third-order valence-electron chi connectivity index (χ3n) is 4.16. The molecule has 2 N–H and O–H groups in total. The third kappa shape index (κ3) is 2.86. The Morgan fingerprint density at radius 2 is 2.22 bits per heavy atom. The number of carboxylic acid groups (broad SMARTS) is 1. The molecule has 1 aliphatic heterocycles. The Morgan fingerprint density at radius 3 is 2.87 bits per heavy atom. The Morgan fingerprint density at radius 1 is 1.48 bits per heavy atom. The molecule has 1 unspecified atom stereocenters. The van der Waals surface area contributed by atoms with Gasteiger partial charge in [-0.25, -0.2) is 14.2 Å². The van der Waals surface area contributed by atoms with Crippen LogP contribution in [0.3, 0.4) is 0 Å². The number of urea groups is 1. The minimum Gasteiger partial charge on any atom is -0.481 e. The van der Waals surface area contributed by atoms with Crippen molar-refractivity contribution in [3.05, 3.63) is 23.5 Å². The number of nitrogens with one attached hydrogen (secondary N) is 1. The summed E-state index contributed by atoms with van der Waals surface area (Å²) in [7, 11) is 0. The smallest absolute Gasteiger partial charge is 0.323 e. The highest BCUT2D eigenvalue weighted by atomic mass is 32.1. The second-order valence-electron chi connectivity index (χ2n) is 6.06. The van der Waals surface area contributed by atoms with Gasteiger partial charge in [-0.2, -0.15) is 0 Å². The number of carboxylic acids is 1. The number of carbonyl (C=O) groups is 2. The second-order valence-corrected chi connectivity index (χ2v) is 7.09. The number of nitrogens with zero attached hydrogens (tertiary/aromatic N) is 2. The molecule has 0 aliphatic carbocycles. The third-order valence-corrected chi connectivity index (χ3v) is 5.09. The van der Waals surface area contributed by atoms with Gasteiger partial charge in [0.2, 0.25) is 0 Å². The van der Waals surface area contributed by atoms with Gasteiger partial charge in [0, 0.05) is 19.2 Å². The van der Waals surface area contributed by atoms with Crippen molar-refractivity contribution in [2.75, 3.05) is 18.4 Å². The summed E-state index contributed by atoms with van der Waals surface area (Å²) in [5.74, 6) is -1.24. The zero-order valence-corrected chi connectivity index (χ0v) is 13.5. The number of likely N-dealkylation sites (tertiary alicyclic amines) is 1. The van der Waals surface area contributed by atoms with Gasteiger partial charge in [-0.05, 0) is 31.9 Å². The van der Waals surface area contributed by atoms with Crippen LogP contribution in [-0.2, 0) is 4.79 Å². The van der Waals surface area contributed by atoms with E-state index in [9.17, 15) is 19.1 Å².